The van der Waals surface area contributed by atoms with Crippen molar-refractivity contribution in [1.82, 2.24) is 0 Å². The van der Waals surface area contributed by atoms with E-state index in [1.165, 1.54) is 50.7 Å². The summed E-state index contributed by atoms with van der Waals surface area (Å²) in [7, 11) is 0. The molecule has 1 aromatic rings. The van der Waals surface area contributed by atoms with Gasteiger partial charge in [-0.05, 0) is 87.2 Å². The molecule has 0 N–H and O–H groups in total. The molecule has 0 radical (unpaired) electrons. The molecule has 1 aromatic carbocycles. The van der Waals surface area contributed by atoms with Crippen LogP contribution in [0.4, 0.5) is 8.78 Å². The third-order valence-electron chi connectivity index (χ3n) is 6.72. The van der Waals surface area contributed by atoms with Gasteiger partial charge < -0.3 is 9.47 Å². The molecule has 0 aromatic heterocycles. The quantitative estimate of drug-likeness (QED) is 0.217. The average Bonchev–Trinajstić information content (AvgIpc) is 2.79. The summed E-state index contributed by atoms with van der Waals surface area (Å²) >= 11 is 0. The van der Waals surface area contributed by atoms with Gasteiger partial charge in [-0.1, -0.05) is 32.4 Å². The zero-order valence-corrected chi connectivity index (χ0v) is 19.4. The van der Waals surface area contributed by atoms with Crippen molar-refractivity contribution >= 4 is 0 Å². The largest absolute Gasteiger partial charge is 0.490 e. The summed E-state index contributed by atoms with van der Waals surface area (Å²) in [5.41, 5.74) is 0. The Labute approximate surface area is 187 Å². The maximum absolute atomic E-state index is 14.4. The zero-order valence-electron chi connectivity index (χ0n) is 19.4. The number of allylic oxidation sites excluding steroid dienone is 2. The van der Waals surface area contributed by atoms with E-state index in [4.69, 9.17) is 9.47 Å². The van der Waals surface area contributed by atoms with Crippen LogP contribution < -0.4 is 9.47 Å². The molecule has 0 amide bonds. The fraction of sp³-hybridized carbons (Fsp3) is 0.630. The first-order valence-corrected chi connectivity index (χ1v) is 12.0. The van der Waals surface area contributed by atoms with Crippen LogP contribution in [0.15, 0.2) is 37.4 Å². The number of hydrogen-bond acceptors (Lipinski definition) is 2. The molecule has 0 heterocycles. The lowest BCUT2D eigenvalue weighted by atomic mass is 9.73. The Morgan fingerprint density at radius 2 is 1.68 bits per heavy atom. The lowest BCUT2D eigenvalue weighted by molar-refractivity contribution is 0.183. The van der Waals surface area contributed by atoms with Crippen molar-refractivity contribution in [2.75, 3.05) is 13.2 Å². The summed E-state index contributed by atoms with van der Waals surface area (Å²) in [6.07, 6.45) is 13.9. The van der Waals surface area contributed by atoms with Crippen LogP contribution in [0.1, 0.15) is 71.6 Å². The first-order valence-electron chi connectivity index (χ1n) is 12.0. The Bertz CT molecular complexity index is 680. The molecule has 2 unspecified atom stereocenters. The SMILES string of the molecule is C=CCCCOc1ccc(OCC(C)CCC(CC)C2CCC(C=C)CC2)c(F)c1F. The maximum Gasteiger partial charge on any atom is 0.204 e. The van der Waals surface area contributed by atoms with E-state index in [1.54, 1.807) is 6.08 Å². The summed E-state index contributed by atoms with van der Waals surface area (Å²) in [6, 6.07) is 2.90. The van der Waals surface area contributed by atoms with E-state index in [2.05, 4.69) is 33.1 Å². The van der Waals surface area contributed by atoms with E-state index in [1.807, 2.05) is 0 Å². The van der Waals surface area contributed by atoms with E-state index in [-0.39, 0.29) is 17.4 Å². The van der Waals surface area contributed by atoms with Crippen LogP contribution in [-0.4, -0.2) is 13.2 Å². The second-order valence-corrected chi connectivity index (χ2v) is 9.04. The lowest BCUT2D eigenvalue weighted by Gasteiger charge is -2.33. The highest BCUT2D eigenvalue weighted by molar-refractivity contribution is 5.35. The highest BCUT2D eigenvalue weighted by atomic mass is 19.2. The van der Waals surface area contributed by atoms with Crippen LogP contribution in [-0.2, 0) is 0 Å². The molecule has 2 atom stereocenters. The molecule has 1 saturated carbocycles. The first kappa shape index (κ1) is 25.4. The van der Waals surface area contributed by atoms with E-state index >= 15 is 0 Å². The van der Waals surface area contributed by atoms with Crippen LogP contribution in [0.2, 0.25) is 0 Å². The summed E-state index contributed by atoms with van der Waals surface area (Å²) in [5, 5.41) is 0. The summed E-state index contributed by atoms with van der Waals surface area (Å²) in [5.74, 6) is 0.455. The third kappa shape index (κ3) is 7.97. The second-order valence-electron chi connectivity index (χ2n) is 9.04. The van der Waals surface area contributed by atoms with E-state index in [0.29, 0.717) is 19.1 Å². The van der Waals surface area contributed by atoms with E-state index in [9.17, 15) is 8.78 Å². The van der Waals surface area contributed by atoms with Gasteiger partial charge in [0.15, 0.2) is 11.5 Å². The number of rotatable bonds is 14. The molecule has 31 heavy (non-hydrogen) atoms. The molecule has 1 aliphatic rings. The smallest absolute Gasteiger partial charge is 0.204 e. The molecule has 1 aliphatic carbocycles. The lowest BCUT2D eigenvalue weighted by Crippen LogP contribution is -2.22. The Hall–Kier alpha value is -1.84. The number of halogens is 2. The Balaban J connectivity index is 1.78. The Kier molecular flexibility index (Phi) is 11.1. The summed E-state index contributed by atoms with van der Waals surface area (Å²) in [6.45, 7) is 12.7. The minimum Gasteiger partial charge on any atom is -0.490 e. The minimum absolute atomic E-state index is 0.0439. The van der Waals surface area contributed by atoms with Crippen LogP contribution in [0, 0.1) is 35.3 Å². The Morgan fingerprint density at radius 3 is 2.26 bits per heavy atom. The van der Waals surface area contributed by atoms with Crippen molar-refractivity contribution in [3.63, 3.8) is 0 Å². The van der Waals surface area contributed by atoms with Crippen molar-refractivity contribution in [2.24, 2.45) is 23.7 Å². The van der Waals surface area contributed by atoms with Crippen molar-refractivity contribution in [3.05, 3.63) is 49.1 Å². The Morgan fingerprint density at radius 1 is 1.03 bits per heavy atom. The highest BCUT2D eigenvalue weighted by Gasteiger charge is 2.26. The van der Waals surface area contributed by atoms with Gasteiger partial charge in [-0.3, -0.25) is 0 Å². The van der Waals surface area contributed by atoms with E-state index in [0.717, 1.165) is 31.1 Å². The monoisotopic (exact) mass is 434 g/mol. The molecular weight excluding hydrogens is 394 g/mol. The summed E-state index contributed by atoms with van der Waals surface area (Å²) in [4.78, 5) is 0. The highest BCUT2D eigenvalue weighted by Crippen LogP contribution is 2.37. The van der Waals surface area contributed by atoms with Gasteiger partial charge in [0.2, 0.25) is 11.6 Å². The molecule has 2 rings (SSSR count). The predicted octanol–water partition coefficient (Wildman–Crippen LogP) is 8.12. The molecule has 1 fully saturated rings. The number of unbranched alkanes of at least 4 members (excludes halogenated alkanes) is 1. The molecule has 0 spiro atoms. The van der Waals surface area contributed by atoms with Gasteiger partial charge in [-0.2, -0.15) is 8.78 Å². The topological polar surface area (TPSA) is 18.5 Å². The molecule has 0 bridgehead atoms. The molecule has 4 heteroatoms. The molecule has 2 nitrogen and oxygen atoms in total. The fourth-order valence-electron chi connectivity index (χ4n) is 4.59. The first-order chi connectivity index (χ1) is 15.0. The van der Waals surface area contributed by atoms with Gasteiger partial charge in [0.1, 0.15) is 0 Å². The van der Waals surface area contributed by atoms with Crippen LogP contribution in [0.3, 0.4) is 0 Å². The van der Waals surface area contributed by atoms with Crippen molar-refractivity contribution in [2.45, 2.75) is 71.6 Å². The van der Waals surface area contributed by atoms with E-state index < -0.39 is 11.6 Å². The number of benzene rings is 1. The summed E-state index contributed by atoms with van der Waals surface area (Å²) < 4.78 is 39.6. The van der Waals surface area contributed by atoms with Crippen molar-refractivity contribution in [3.8, 4) is 11.5 Å². The molecule has 0 saturated heterocycles. The maximum atomic E-state index is 14.4. The van der Waals surface area contributed by atoms with Gasteiger partial charge in [0, 0.05) is 0 Å². The fourth-order valence-corrected chi connectivity index (χ4v) is 4.59. The van der Waals surface area contributed by atoms with Crippen LogP contribution >= 0.6 is 0 Å². The van der Waals surface area contributed by atoms with Gasteiger partial charge in [0.25, 0.3) is 0 Å². The normalized spacial score (nSPS) is 20.6. The zero-order chi connectivity index (χ0) is 22.6. The number of hydrogen-bond donors (Lipinski definition) is 0. The second kappa shape index (κ2) is 13.5. The molecular formula is C27H40F2O2. The van der Waals surface area contributed by atoms with Crippen molar-refractivity contribution < 1.29 is 18.3 Å². The van der Waals surface area contributed by atoms with Crippen LogP contribution in [0.5, 0.6) is 11.5 Å². The third-order valence-corrected chi connectivity index (χ3v) is 6.72. The van der Waals surface area contributed by atoms with Gasteiger partial charge in [0.05, 0.1) is 13.2 Å². The minimum atomic E-state index is -0.982. The van der Waals surface area contributed by atoms with Gasteiger partial charge in [-0.25, -0.2) is 0 Å². The molecule has 174 valence electrons. The predicted molar refractivity (Wildman–Crippen MR) is 125 cm³/mol. The van der Waals surface area contributed by atoms with Crippen molar-refractivity contribution in [1.29, 1.82) is 0 Å². The van der Waals surface area contributed by atoms with Gasteiger partial charge >= 0.3 is 0 Å². The van der Waals surface area contributed by atoms with Crippen LogP contribution in [0.25, 0.3) is 0 Å². The molecule has 0 aliphatic heterocycles. The number of ether oxygens (including phenoxy) is 2. The average molecular weight is 435 g/mol. The van der Waals surface area contributed by atoms with Gasteiger partial charge in [-0.15, -0.1) is 13.2 Å². The standard InChI is InChI=1S/C27H40F2O2/c1-5-8-9-18-30-24-16-17-25(27(29)26(24)28)31-19-20(4)10-13-22(7-3)23-14-11-21(6-2)12-15-23/h5-6,16-17,20-23H,1-2,7-15,18-19H2,3-4H3.